The van der Waals surface area contributed by atoms with E-state index in [1.807, 2.05) is 18.2 Å². The average molecular weight is 770 g/mol. The first-order valence-corrected chi connectivity index (χ1v) is 21.3. The van der Waals surface area contributed by atoms with Gasteiger partial charge >= 0.3 is 0 Å². The molecule has 4 fully saturated rings. The van der Waals surface area contributed by atoms with Crippen molar-refractivity contribution in [3.63, 3.8) is 0 Å². The van der Waals surface area contributed by atoms with E-state index in [0.29, 0.717) is 35.8 Å². The number of rotatable bonds is 8. The fourth-order valence-electron chi connectivity index (χ4n) is 10.6. The molecule has 1 saturated carbocycles. The minimum atomic E-state index is -0.590. The minimum Gasteiger partial charge on any atom is -0.372 e. The first-order chi connectivity index (χ1) is 27.8. The predicted octanol–water partition coefficient (Wildman–Crippen LogP) is 6.69. The van der Waals surface area contributed by atoms with Crippen LogP contribution in [0.2, 0.25) is 0 Å². The first-order valence-electron chi connectivity index (χ1n) is 21.3. The fraction of sp³-hybridized carbons (Fsp3) is 0.478. The summed E-state index contributed by atoms with van der Waals surface area (Å²) in [6.45, 7) is 9.97. The lowest BCUT2D eigenvalue weighted by Crippen LogP contribution is -2.52. The zero-order valence-electron chi connectivity index (χ0n) is 32.9. The monoisotopic (exact) mass is 769 g/mol. The number of imide groups is 1. The van der Waals surface area contributed by atoms with E-state index in [1.165, 1.54) is 53.6 Å². The van der Waals surface area contributed by atoms with Gasteiger partial charge in [-0.05, 0) is 133 Å². The summed E-state index contributed by atoms with van der Waals surface area (Å²) >= 11 is 0. The average Bonchev–Trinajstić information content (AvgIpc) is 3.98. The van der Waals surface area contributed by atoms with Crippen molar-refractivity contribution in [2.75, 3.05) is 55.6 Å². The van der Waals surface area contributed by atoms with Gasteiger partial charge in [0.05, 0.1) is 10.9 Å². The maximum absolute atomic E-state index is 15.0. The van der Waals surface area contributed by atoms with Crippen LogP contribution in [0.4, 0.5) is 15.8 Å². The number of nitrogens with zero attached hydrogens (tertiary/aromatic N) is 5. The third-order valence-corrected chi connectivity index (χ3v) is 14.0. The highest BCUT2D eigenvalue weighted by Crippen LogP contribution is 2.48. The molecule has 57 heavy (non-hydrogen) atoms. The van der Waals surface area contributed by atoms with E-state index in [4.69, 9.17) is 0 Å². The van der Waals surface area contributed by atoms with Gasteiger partial charge in [-0.25, -0.2) is 0 Å². The Kier molecular flexibility index (Phi) is 9.38. The Morgan fingerprint density at radius 3 is 2.30 bits per heavy atom. The number of aromatic amines is 1. The maximum atomic E-state index is 15.0. The molecule has 0 bridgehead atoms. The second-order valence-electron chi connectivity index (χ2n) is 17.4. The smallest absolute Gasteiger partial charge is 0.255 e. The van der Waals surface area contributed by atoms with Gasteiger partial charge in [0.2, 0.25) is 17.8 Å². The molecule has 2 atom stereocenters. The Labute approximate surface area is 333 Å². The molecule has 1 aromatic heterocycles. The Balaban J connectivity index is 0.755. The molecule has 6 aliphatic rings. The summed E-state index contributed by atoms with van der Waals surface area (Å²) in [5, 5.41) is 9.87. The van der Waals surface area contributed by atoms with Crippen molar-refractivity contribution >= 4 is 45.6 Å². The van der Waals surface area contributed by atoms with Crippen LogP contribution in [0.1, 0.15) is 90.9 Å². The number of allylic oxidation sites excluding steroid dienone is 1. The number of hydrogen-bond acceptors (Lipinski definition) is 7. The van der Waals surface area contributed by atoms with Gasteiger partial charge in [-0.1, -0.05) is 30.7 Å². The Bertz CT molecular complexity index is 2260. The van der Waals surface area contributed by atoms with Crippen LogP contribution in [0.25, 0.3) is 16.5 Å². The van der Waals surface area contributed by atoms with Crippen molar-refractivity contribution in [3.8, 4) is 0 Å². The molecule has 3 amide bonds. The van der Waals surface area contributed by atoms with E-state index < -0.39 is 12.0 Å². The quantitative estimate of drug-likeness (QED) is 0.193. The molecule has 5 heterocycles. The number of amides is 3. The van der Waals surface area contributed by atoms with Crippen molar-refractivity contribution in [2.24, 2.45) is 17.8 Å². The molecule has 0 radical (unpaired) electrons. The molecule has 1 unspecified atom stereocenters. The molecule has 2 aliphatic carbocycles. The van der Waals surface area contributed by atoms with Gasteiger partial charge < -0.3 is 14.7 Å². The van der Waals surface area contributed by atoms with Crippen molar-refractivity contribution < 1.29 is 18.8 Å². The van der Waals surface area contributed by atoms with Gasteiger partial charge in [0.15, 0.2) is 0 Å². The number of carbonyl (C=O) groups is 3. The van der Waals surface area contributed by atoms with Crippen LogP contribution >= 0.6 is 0 Å². The number of fused-ring (bicyclic) bond motifs is 4. The summed E-state index contributed by atoms with van der Waals surface area (Å²) in [6.07, 6.45) is 8.55. The second-order valence-corrected chi connectivity index (χ2v) is 17.4. The van der Waals surface area contributed by atoms with Crippen LogP contribution in [-0.4, -0.2) is 89.6 Å². The number of piperazine rings is 1. The molecule has 10 rings (SSSR count). The Morgan fingerprint density at radius 2 is 1.54 bits per heavy atom. The van der Waals surface area contributed by atoms with Gasteiger partial charge in [-0.2, -0.15) is 4.39 Å². The zero-order valence-corrected chi connectivity index (χ0v) is 32.9. The van der Waals surface area contributed by atoms with Crippen LogP contribution in [0.5, 0.6) is 0 Å². The summed E-state index contributed by atoms with van der Waals surface area (Å²) in [7, 11) is 0. The lowest BCUT2D eigenvalue weighted by Gasteiger charge is -2.40. The fourth-order valence-corrected chi connectivity index (χ4v) is 10.6. The van der Waals surface area contributed by atoms with E-state index in [1.54, 1.807) is 4.90 Å². The molecule has 11 heteroatoms. The standard InChI is InChI=1S/C46H52FN7O3/c1-28(30-5-6-30)35-3-2-4-37-38(13-14-39-43(37)44(47)50-49-39)42(35)31-7-9-33(10-8-31)52-19-17-29(18-20-52)26-51-21-23-53(24-22-51)34-11-12-36-32(25-34)27-54(46(36)57)40-15-16-41(55)48-45(40)56/h7-14,25,28-30,40H,2-6,15-24,26-27H2,1H3,(H,49,50)(H,48,55,56)/t28?,40-/m0/s1. The van der Waals surface area contributed by atoms with Gasteiger partial charge in [0.1, 0.15) is 6.04 Å². The molecule has 10 nitrogen and oxygen atoms in total. The Morgan fingerprint density at radius 1 is 0.807 bits per heavy atom. The molecule has 4 aromatic rings. The highest BCUT2D eigenvalue weighted by Gasteiger charge is 2.39. The summed E-state index contributed by atoms with van der Waals surface area (Å²) in [6, 6.07) is 18.9. The number of aryl methyl sites for hydroxylation is 1. The number of hydrogen-bond donors (Lipinski definition) is 2. The lowest BCUT2D eigenvalue weighted by molar-refractivity contribution is -0.136. The highest BCUT2D eigenvalue weighted by atomic mass is 19.1. The van der Waals surface area contributed by atoms with E-state index in [0.717, 1.165) is 93.3 Å². The molecule has 3 saturated heterocycles. The normalized spacial score (nSPS) is 22.9. The van der Waals surface area contributed by atoms with Gasteiger partial charge in [0.25, 0.3) is 5.91 Å². The number of carbonyl (C=O) groups excluding carboxylic acids is 3. The van der Waals surface area contributed by atoms with Crippen LogP contribution in [0.3, 0.4) is 0 Å². The van der Waals surface area contributed by atoms with Crippen molar-refractivity contribution in [3.05, 3.63) is 93.9 Å². The predicted molar refractivity (Wildman–Crippen MR) is 219 cm³/mol. The van der Waals surface area contributed by atoms with E-state index in [9.17, 15) is 14.4 Å². The van der Waals surface area contributed by atoms with Crippen LogP contribution in [-0.2, 0) is 22.6 Å². The highest BCUT2D eigenvalue weighted by molar-refractivity contribution is 6.05. The van der Waals surface area contributed by atoms with Gasteiger partial charge in [0, 0.05) is 75.7 Å². The van der Waals surface area contributed by atoms with Crippen LogP contribution < -0.4 is 15.1 Å². The summed E-state index contributed by atoms with van der Waals surface area (Å²) < 4.78 is 15.0. The van der Waals surface area contributed by atoms with Gasteiger partial charge in [-0.15, -0.1) is 5.10 Å². The first kappa shape index (κ1) is 36.3. The van der Waals surface area contributed by atoms with Crippen molar-refractivity contribution in [1.82, 2.24) is 25.3 Å². The molecular weight excluding hydrogens is 718 g/mol. The molecule has 3 aromatic carbocycles. The number of aromatic nitrogens is 2. The number of halogens is 1. The van der Waals surface area contributed by atoms with E-state index >= 15 is 4.39 Å². The number of nitrogens with one attached hydrogen (secondary N) is 2. The third-order valence-electron chi connectivity index (χ3n) is 14.0. The number of benzene rings is 3. The summed E-state index contributed by atoms with van der Waals surface area (Å²) in [5.74, 6) is 0.810. The largest absolute Gasteiger partial charge is 0.372 e. The number of H-pyrrole nitrogens is 1. The molecule has 4 aliphatic heterocycles. The minimum absolute atomic E-state index is 0.125. The number of piperidine rings is 2. The molecule has 0 spiro atoms. The SMILES string of the molecule is CC(C1=C(c2ccc(N3CCC(CN4CCN(c5ccc6c(c5)CN([C@H]5CCC(=O)NC5=O)C6=O)CC4)CC3)cc2)c2ccc3[nH]nc(F)c3c2CCC1)C1CC1. The van der Waals surface area contributed by atoms with Crippen molar-refractivity contribution in [2.45, 2.75) is 77.3 Å². The Hall–Kier alpha value is -5.03. The summed E-state index contributed by atoms with van der Waals surface area (Å²) in [5.41, 5.74) is 11.2. The molecular formula is C46H52FN7O3. The summed E-state index contributed by atoms with van der Waals surface area (Å²) in [4.78, 5) is 46.5. The second kappa shape index (κ2) is 14.7. The van der Waals surface area contributed by atoms with Crippen molar-refractivity contribution in [1.29, 1.82) is 0 Å². The topological polar surface area (TPSA) is 105 Å². The number of anilines is 2. The third kappa shape index (κ3) is 6.81. The zero-order chi connectivity index (χ0) is 38.8. The van der Waals surface area contributed by atoms with Gasteiger partial charge in [-0.3, -0.25) is 29.7 Å². The lowest BCUT2D eigenvalue weighted by atomic mass is 9.83. The molecule has 296 valence electrons. The van der Waals surface area contributed by atoms with E-state index in [-0.39, 0.29) is 24.1 Å². The molecule has 2 N–H and O–H groups in total. The van der Waals surface area contributed by atoms with Crippen LogP contribution in [0, 0.1) is 23.7 Å². The maximum Gasteiger partial charge on any atom is 0.255 e. The van der Waals surface area contributed by atoms with Crippen LogP contribution in [0.15, 0.2) is 60.2 Å². The van der Waals surface area contributed by atoms with E-state index in [2.05, 4.69) is 73.5 Å².